The number of benzene rings is 3. The number of rotatable bonds is 6. The summed E-state index contributed by atoms with van der Waals surface area (Å²) >= 11 is 0. The zero-order chi connectivity index (χ0) is 23.1. The molecule has 9 heteroatoms. The van der Waals surface area contributed by atoms with Crippen molar-refractivity contribution in [3.05, 3.63) is 90.1 Å². The molecule has 0 fully saturated rings. The highest BCUT2D eigenvalue weighted by Crippen LogP contribution is 2.32. The van der Waals surface area contributed by atoms with Crippen LogP contribution in [0.3, 0.4) is 0 Å². The van der Waals surface area contributed by atoms with Gasteiger partial charge in [-0.05, 0) is 56.3 Å². The SMILES string of the molecule is CC(=O)c1c(C)n(S(=O)(=O)c2ccccc2)c2ccc(NS(=O)(=O)c3ccccc3)cc12. The number of aromatic nitrogens is 1. The van der Waals surface area contributed by atoms with Gasteiger partial charge in [0, 0.05) is 22.3 Å². The molecule has 1 aromatic heterocycles. The lowest BCUT2D eigenvalue weighted by Crippen LogP contribution is -2.15. The van der Waals surface area contributed by atoms with E-state index in [1.165, 1.54) is 49.4 Å². The Balaban J connectivity index is 1.90. The topological polar surface area (TPSA) is 102 Å². The largest absolute Gasteiger partial charge is 0.294 e. The molecule has 4 aromatic rings. The van der Waals surface area contributed by atoms with Crippen LogP contribution in [0.2, 0.25) is 0 Å². The Morgan fingerprint density at radius 3 is 1.94 bits per heavy atom. The maximum Gasteiger partial charge on any atom is 0.268 e. The second-order valence-corrected chi connectivity index (χ2v) is 10.7. The Bertz CT molecular complexity index is 1540. The van der Waals surface area contributed by atoms with E-state index in [-0.39, 0.29) is 32.5 Å². The zero-order valence-corrected chi connectivity index (χ0v) is 18.9. The summed E-state index contributed by atoms with van der Waals surface area (Å²) in [7, 11) is -7.82. The van der Waals surface area contributed by atoms with Gasteiger partial charge in [0.15, 0.2) is 5.78 Å². The van der Waals surface area contributed by atoms with Gasteiger partial charge in [-0.15, -0.1) is 0 Å². The van der Waals surface area contributed by atoms with E-state index in [9.17, 15) is 21.6 Å². The summed E-state index contributed by atoms with van der Waals surface area (Å²) in [4.78, 5) is 12.6. The number of nitrogens with zero attached hydrogens (tertiary/aromatic N) is 1. The zero-order valence-electron chi connectivity index (χ0n) is 17.3. The molecule has 7 nitrogen and oxygen atoms in total. The molecule has 0 bridgehead atoms. The van der Waals surface area contributed by atoms with Crippen molar-refractivity contribution in [1.29, 1.82) is 0 Å². The van der Waals surface area contributed by atoms with Crippen molar-refractivity contribution >= 4 is 42.4 Å². The number of Topliss-reactive ketones (excluding diaryl/α,β-unsaturated/α-hetero) is 1. The fraction of sp³-hybridized carbons (Fsp3) is 0.0870. The maximum atomic E-state index is 13.3. The third kappa shape index (κ3) is 3.69. The first-order valence-corrected chi connectivity index (χ1v) is 12.6. The van der Waals surface area contributed by atoms with Crippen LogP contribution in [0.1, 0.15) is 23.0 Å². The van der Waals surface area contributed by atoms with Gasteiger partial charge in [-0.1, -0.05) is 36.4 Å². The first kappa shape index (κ1) is 21.8. The van der Waals surface area contributed by atoms with E-state index in [1.54, 1.807) is 43.3 Å². The lowest BCUT2D eigenvalue weighted by atomic mass is 10.1. The van der Waals surface area contributed by atoms with Crippen molar-refractivity contribution in [1.82, 2.24) is 3.97 Å². The van der Waals surface area contributed by atoms with Gasteiger partial charge >= 0.3 is 0 Å². The van der Waals surface area contributed by atoms with E-state index in [4.69, 9.17) is 0 Å². The minimum absolute atomic E-state index is 0.0870. The van der Waals surface area contributed by atoms with Crippen molar-refractivity contribution in [2.45, 2.75) is 23.6 Å². The van der Waals surface area contributed by atoms with Crippen LogP contribution < -0.4 is 4.72 Å². The summed E-state index contributed by atoms with van der Waals surface area (Å²) in [5.74, 6) is -0.322. The predicted octanol–water partition coefficient (Wildman–Crippen LogP) is 4.19. The summed E-state index contributed by atoms with van der Waals surface area (Å²) in [6.07, 6.45) is 0. The molecule has 32 heavy (non-hydrogen) atoms. The molecule has 0 aliphatic rings. The third-order valence-electron chi connectivity index (χ3n) is 5.09. The van der Waals surface area contributed by atoms with Gasteiger partial charge in [-0.2, -0.15) is 0 Å². The maximum absolute atomic E-state index is 13.3. The number of anilines is 1. The van der Waals surface area contributed by atoms with Crippen LogP contribution in [0.4, 0.5) is 5.69 Å². The molecule has 164 valence electrons. The van der Waals surface area contributed by atoms with Gasteiger partial charge in [0.2, 0.25) is 0 Å². The smallest absolute Gasteiger partial charge is 0.268 e. The molecular formula is C23H20N2O5S2. The standard InChI is InChI=1S/C23H20N2O5S2/c1-16-23(17(2)26)21-15-18(24-31(27,28)19-9-5-3-6-10-19)13-14-22(21)25(16)32(29,30)20-11-7-4-8-12-20/h3-15,24H,1-2H3. The molecular weight excluding hydrogens is 448 g/mol. The number of hydrogen-bond acceptors (Lipinski definition) is 5. The fourth-order valence-corrected chi connectivity index (χ4v) is 6.37. The van der Waals surface area contributed by atoms with E-state index < -0.39 is 20.0 Å². The van der Waals surface area contributed by atoms with Gasteiger partial charge in [-0.25, -0.2) is 20.8 Å². The number of hydrogen-bond donors (Lipinski definition) is 1. The van der Waals surface area contributed by atoms with Crippen LogP contribution in [0, 0.1) is 6.92 Å². The number of nitrogens with one attached hydrogen (secondary N) is 1. The third-order valence-corrected chi connectivity index (χ3v) is 8.31. The summed E-state index contributed by atoms with van der Waals surface area (Å²) in [6.45, 7) is 2.91. The van der Waals surface area contributed by atoms with Crippen LogP contribution in [0.5, 0.6) is 0 Å². The molecule has 0 saturated heterocycles. The van der Waals surface area contributed by atoms with E-state index in [2.05, 4.69) is 4.72 Å². The lowest BCUT2D eigenvalue weighted by Gasteiger charge is -2.11. The summed E-state index contributed by atoms with van der Waals surface area (Å²) < 4.78 is 55.7. The van der Waals surface area contributed by atoms with Crippen molar-refractivity contribution in [2.75, 3.05) is 4.72 Å². The molecule has 1 N–H and O–H groups in total. The first-order valence-electron chi connectivity index (χ1n) is 9.67. The van der Waals surface area contributed by atoms with Crippen LogP contribution in [0.25, 0.3) is 10.9 Å². The van der Waals surface area contributed by atoms with Gasteiger partial charge in [0.05, 0.1) is 15.3 Å². The molecule has 3 aromatic carbocycles. The Hall–Kier alpha value is -3.43. The highest BCUT2D eigenvalue weighted by atomic mass is 32.2. The number of ketones is 1. The highest BCUT2D eigenvalue weighted by Gasteiger charge is 2.27. The fourth-order valence-electron chi connectivity index (χ4n) is 3.72. The van der Waals surface area contributed by atoms with E-state index >= 15 is 0 Å². The molecule has 0 amide bonds. The number of fused-ring (bicyclic) bond motifs is 1. The lowest BCUT2D eigenvalue weighted by molar-refractivity contribution is 0.101. The molecule has 1 heterocycles. The van der Waals surface area contributed by atoms with Crippen molar-refractivity contribution in [2.24, 2.45) is 0 Å². The molecule has 0 spiro atoms. The van der Waals surface area contributed by atoms with E-state index in [0.717, 1.165) is 3.97 Å². The molecule has 0 unspecified atom stereocenters. The van der Waals surface area contributed by atoms with Gasteiger partial charge in [0.25, 0.3) is 20.0 Å². The summed E-state index contributed by atoms with van der Waals surface area (Å²) in [5.41, 5.74) is 0.997. The minimum Gasteiger partial charge on any atom is -0.294 e. The van der Waals surface area contributed by atoms with Crippen LogP contribution in [-0.2, 0) is 20.0 Å². The number of carbonyl (C=O) groups excluding carboxylic acids is 1. The Morgan fingerprint density at radius 1 is 0.812 bits per heavy atom. The molecule has 0 aliphatic heterocycles. The van der Waals surface area contributed by atoms with Crippen molar-refractivity contribution in [3.63, 3.8) is 0 Å². The minimum atomic E-state index is -3.97. The molecule has 4 rings (SSSR count). The average molecular weight is 469 g/mol. The monoisotopic (exact) mass is 468 g/mol. The van der Waals surface area contributed by atoms with E-state index in [1.807, 2.05) is 0 Å². The highest BCUT2D eigenvalue weighted by molar-refractivity contribution is 7.92. The average Bonchev–Trinajstić information content (AvgIpc) is 3.06. The second-order valence-electron chi connectivity index (χ2n) is 7.25. The Morgan fingerprint density at radius 2 is 1.38 bits per heavy atom. The van der Waals surface area contributed by atoms with Crippen molar-refractivity contribution < 1.29 is 21.6 Å². The Kier molecular flexibility index (Phi) is 5.39. The molecule has 0 atom stereocenters. The van der Waals surface area contributed by atoms with Crippen molar-refractivity contribution in [3.8, 4) is 0 Å². The van der Waals surface area contributed by atoms with E-state index in [0.29, 0.717) is 10.9 Å². The predicted molar refractivity (Wildman–Crippen MR) is 123 cm³/mol. The Labute approximate surface area is 186 Å². The van der Waals surface area contributed by atoms with Crippen LogP contribution in [-0.4, -0.2) is 26.6 Å². The summed E-state index contributed by atoms with van der Waals surface area (Å²) in [5, 5.41) is 0.350. The molecule has 0 saturated carbocycles. The first-order chi connectivity index (χ1) is 15.1. The van der Waals surface area contributed by atoms with Gasteiger partial charge in [-0.3, -0.25) is 9.52 Å². The quantitative estimate of drug-likeness (QED) is 0.428. The number of sulfonamides is 1. The van der Waals surface area contributed by atoms with Gasteiger partial charge in [0.1, 0.15) is 0 Å². The van der Waals surface area contributed by atoms with Crippen LogP contribution >= 0.6 is 0 Å². The van der Waals surface area contributed by atoms with Crippen LogP contribution in [0.15, 0.2) is 88.7 Å². The normalized spacial score (nSPS) is 12.1. The molecule has 0 radical (unpaired) electrons. The molecule has 0 aliphatic carbocycles. The number of carbonyl (C=O) groups is 1. The summed E-state index contributed by atoms with van der Waals surface area (Å²) in [6, 6.07) is 20.3. The second kappa shape index (κ2) is 7.92. The van der Waals surface area contributed by atoms with Gasteiger partial charge < -0.3 is 0 Å².